The molecule has 12 heteroatoms. The fraction of sp³-hybridized carbons (Fsp3) is 0.226. The SMILES string of the molecule is COc1cc(N(C)CCN(C)C)c(NS(=O)(=O)c2ccc(F)cc2)cc1Nc1nccc(-c2cn(C)c3ccccc23)n1. The van der Waals surface area contributed by atoms with Crippen molar-refractivity contribution in [2.45, 2.75) is 4.90 Å². The molecule has 0 saturated heterocycles. The lowest BCUT2D eigenvalue weighted by atomic mass is 10.1. The first kappa shape index (κ1) is 29.8. The summed E-state index contributed by atoms with van der Waals surface area (Å²) in [7, 11) is 5.29. The van der Waals surface area contributed by atoms with Crippen molar-refractivity contribution in [1.82, 2.24) is 19.4 Å². The van der Waals surface area contributed by atoms with Crippen molar-refractivity contribution in [3.63, 3.8) is 0 Å². The summed E-state index contributed by atoms with van der Waals surface area (Å²) in [5.74, 6) is 0.255. The van der Waals surface area contributed by atoms with Gasteiger partial charge in [-0.05, 0) is 56.6 Å². The zero-order valence-electron chi connectivity index (χ0n) is 24.7. The second kappa shape index (κ2) is 12.3. The number of nitrogens with one attached hydrogen (secondary N) is 2. The van der Waals surface area contributed by atoms with Gasteiger partial charge in [0.15, 0.2) is 0 Å². The Labute approximate surface area is 250 Å². The zero-order chi connectivity index (χ0) is 30.7. The van der Waals surface area contributed by atoms with E-state index in [-0.39, 0.29) is 4.90 Å². The van der Waals surface area contributed by atoms with Gasteiger partial charge in [-0.1, -0.05) is 18.2 Å². The Hall–Kier alpha value is -4.68. The maximum absolute atomic E-state index is 13.5. The summed E-state index contributed by atoms with van der Waals surface area (Å²) in [6.07, 6.45) is 3.69. The van der Waals surface area contributed by atoms with Crippen molar-refractivity contribution < 1.29 is 17.5 Å². The van der Waals surface area contributed by atoms with E-state index >= 15 is 0 Å². The molecular weight excluding hydrogens is 569 g/mol. The van der Waals surface area contributed by atoms with Gasteiger partial charge in [-0.25, -0.2) is 22.8 Å². The van der Waals surface area contributed by atoms with E-state index in [1.807, 2.05) is 73.0 Å². The van der Waals surface area contributed by atoms with Crippen molar-refractivity contribution >= 4 is 43.9 Å². The fourth-order valence-electron chi connectivity index (χ4n) is 4.76. The van der Waals surface area contributed by atoms with Crippen LogP contribution in [-0.4, -0.2) is 69.2 Å². The smallest absolute Gasteiger partial charge is 0.261 e. The number of hydrogen-bond donors (Lipinski definition) is 2. The average Bonchev–Trinajstić information content (AvgIpc) is 3.32. The van der Waals surface area contributed by atoms with Crippen LogP contribution in [0.25, 0.3) is 22.2 Å². The third kappa shape index (κ3) is 6.55. The Morgan fingerprint density at radius 2 is 1.72 bits per heavy atom. The molecule has 5 rings (SSSR count). The van der Waals surface area contributed by atoms with E-state index in [9.17, 15) is 12.8 Å². The molecule has 10 nitrogen and oxygen atoms in total. The van der Waals surface area contributed by atoms with Crippen LogP contribution in [0.2, 0.25) is 0 Å². The molecule has 2 heterocycles. The van der Waals surface area contributed by atoms with Gasteiger partial charge in [0.1, 0.15) is 11.6 Å². The maximum atomic E-state index is 13.5. The number of aryl methyl sites for hydroxylation is 1. The number of ether oxygens (including phenoxy) is 1. The lowest BCUT2D eigenvalue weighted by Gasteiger charge is -2.26. The monoisotopic (exact) mass is 603 g/mol. The molecule has 0 bridgehead atoms. The van der Waals surface area contributed by atoms with Crippen LogP contribution >= 0.6 is 0 Å². The molecule has 3 aromatic carbocycles. The highest BCUT2D eigenvalue weighted by atomic mass is 32.2. The average molecular weight is 604 g/mol. The number of methoxy groups -OCH3 is 1. The molecule has 2 aromatic heterocycles. The number of benzene rings is 3. The minimum atomic E-state index is -4.04. The van der Waals surface area contributed by atoms with E-state index < -0.39 is 15.8 Å². The third-order valence-electron chi connectivity index (χ3n) is 7.05. The summed E-state index contributed by atoms with van der Waals surface area (Å²) in [4.78, 5) is 13.1. The summed E-state index contributed by atoms with van der Waals surface area (Å²) in [6.45, 7) is 1.35. The molecule has 0 aliphatic carbocycles. The largest absolute Gasteiger partial charge is 0.494 e. The lowest BCUT2D eigenvalue weighted by Crippen LogP contribution is -2.29. The number of anilines is 4. The highest BCUT2D eigenvalue weighted by Crippen LogP contribution is 2.39. The number of rotatable bonds is 11. The molecule has 0 spiro atoms. The van der Waals surface area contributed by atoms with E-state index in [0.29, 0.717) is 35.3 Å². The summed E-state index contributed by atoms with van der Waals surface area (Å²) < 4.78 is 50.7. The normalized spacial score (nSPS) is 11.6. The molecule has 0 atom stereocenters. The Morgan fingerprint density at radius 1 is 0.977 bits per heavy atom. The highest BCUT2D eigenvalue weighted by Gasteiger charge is 2.21. The molecule has 2 N–H and O–H groups in total. The first-order valence-corrected chi connectivity index (χ1v) is 15.0. The summed E-state index contributed by atoms with van der Waals surface area (Å²) in [5, 5.41) is 4.28. The van der Waals surface area contributed by atoms with Crippen LogP contribution in [0.3, 0.4) is 0 Å². The van der Waals surface area contributed by atoms with Crippen molar-refractivity contribution in [1.29, 1.82) is 0 Å². The molecule has 0 radical (unpaired) electrons. The van der Waals surface area contributed by atoms with Crippen molar-refractivity contribution in [2.75, 3.05) is 56.3 Å². The van der Waals surface area contributed by atoms with Gasteiger partial charge in [-0.15, -0.1) is 0 Å². The second-order valence-electron chi connectivity index (χ2n) is 10.4. The van der Waals surface area contributed by atoms with Crippen molar-refractivity contribution in [3.8, 4) is 17.0 Å². The topological polar surface area (TPSA) is 105 Å². The van der Waals surface area contributed by atoms with Crippen LogP contribution in [0.5, 0.6) is 5.75 Å². The minimum absolute atomic E-state index is 0.0627. The molecule has 5 aromatic rings. The zero-order valence-corrected chi connectivity index (χ0v) is 25.5. The quantitative estimate of drug-likeness (QED) is 0.209. The highest BCUT2D eigenvalue weighted by molar-refractivity contribution is 7.92. The van der Waals surface area contributed by atoms with Crippen molar-refractivity contribution in [2.24, 2.45) is 7.05 Å². The van der Waals surface area contributed by atoms with Crippen molar-refractivity contribution in [3.05, 3.63) is 84.9 Å². The fourth-order valence-corrected chi connectivity index (χ4v) is 5.82. The molecule has 224 valence electrons. The standard InChI is InChI=1S/C31H34FN7O3S/c1-37(2)16-17-38(3)29-19-30(42-5)27(18-26(29)36-43(40,41)22-12-10-21(32)11-13-22)35-31-33-15-14-25(34-31)24-20-39(4)28-9-7-6-8-23(24)28/h6-15,18-20,36H,16-17H2,1-5H3,(H,33,34,35). The van der Waals surface area contributed by atoms with Gasteiger partial charge >= 0.3 is 0 Å². The van der Waals surface area contributed by atoms with E-state index in [1.54, 1.807) is 25.4 Å². The number of likely N-dealkylation sites (N-methyl/N-ethyl adjacent to an activating group) is 2. The first-order valence-electron chi connectivity index (χ1n) is 13.6. The lowest BCUT2D eigenvalue weighted by molar-refractivity contribution is 0.413. The number of sulfonamides is 1. The minimum Gasteiger partial charge on any atom is -0.494 e. The number of halogens is 1. The Bertz CT molecular complexity index is 1860. The Morgan fingerprint density at radius 3 is 2.44 bits per heavy atom. The molecule has 0 aliphatic heterocycles. The van der Waals surface area contributed by atoms with Crippen LogP contribution in [0.4, 0.5) is 27.4 Å². The van der Waals surface area contributed by atoms with Crippen LogP contribution in [0, 0.1) is 5.82 Å². The molecule has 43 heavy (non-hydrogen) atoms. The molecule has 0 saturated carbocycles. The number of hydrogen-bond acceptors (Lipinski definition) is 8. The Kier molecular flexibility index (Phi) is 8.51. The van der Waals surface area contributed by atoms with Gasteiger partial charge in [-0.2, -0.15) is 0 Å². The number of para-hydroxylation sites is 1. The number of aromatic nitrogens is 3. The van der Waals surface area contributed by atoms with Gasteiger partial charge in [0.05, 0.1) is 34.8 Å². The number of nitrogens with zero attached hydrogens (tertiary/aromatic N) is 5. The van der Waals surface area contributed by atoms with E-state index in [1.165, 1.54) is 12.1 Å². The van der Waals surface area contributed by atoms with Gasteiger partial charge in [0, 0.05) is 62.1 Å². The van der Waals surface area contributed by atoms with E-state index in [4.69, 9.17) is 9.72 Å². The van der Waals surface area contributed by atoms with E-state index in [2.05, 4.69) is 21.1 Å². The third-order valence-corrected chi connectivity index (χ3v) is 8.44. The molecule has 0 amide bonds. The molecular formula is C31H34FN7O3S. The summed E-state index contributed by atoms with van der Waals surface area (Å²) in [5.41, 5.74) is 4.13. The predicted octanol–water partition coefficient (Wildman–Crippen LogP) is 5.33. The van der Waals surface area contributed by atoms with Crippen LogP contribution in [-0.2, 0) is 17.1 Å². The van der Waals surface area contributed by atoms with Gasteiger partial charge in [-0.3, -0.25) is 4.72 Å². The predicted molar refractivity (Wildman–Crippen MR) is 169 cm³/mol. The summed E-state index contributed by atoms with van der Waals surface area (Å²) in [6, 6.07) is 18.0. The molecule has 0 fully saturated rings. The number of fused-ring (bicyclic) bond motifs is 1. The molecule has 0 aliphatic rings. The van der Waals surface area contributed by atoms with E-state index in [0.717, 1.165) is 40.8 Å². The van der Waals surface area contributed by atoms with Gasteiger partial charge in [0.2, 0.25) is 5.95 Å². The summed E-state index contributed by atoms with van der Waals surface area (Å²) >= 11 is 0. The van der Waals surface area contributed by atoms with Gasteiger partial charge < -0.3 is 24.4 Å². The Balaban J connectivity index is 1.54. The van der Waals surface area contributed by atoms with Crippen LogP contribution < -0.4 is 19.7 Å². The first-order chi connectivity index (χ1) is 20.6. The second-order valence-corrected chi connectivity index (χ2v) is 12.1. The van der Waals surface area contributed by atoms with Crippen LogP contribution in [0.1, 0.15) is 0 Å². The van der Waals surface area contributed by atoms with Gasteiger partial charge in [0.25, 0.3) is 10.0 Å². The maximum Gasteiger partial charge on any atom is 0.261 e. The molecule has 0 unspecified atom stereocenters. The van der Waals surface area contributed by atoms with Crippen LogP contribution in [0.15, 0.2) is 84.0 Å².